The zero-order valence-electron chi connectivity index (χ0n) is 16.0. The third-order valence-electron chi connectivity index (χ3n) is 3.93. The van der Waals surface area contributed by atoms with E-state index in [1.807, 2.05) is 0 Å². The molecule has 0 amide bonds. The van der Waals surface area contributed by atoms with Crippen LogP contribution >= 0.6 is 0 Å². The summed E-state index contributed by atoms with van der Waals surface area (Å²) in [6.07, 6.45) is 0.415. The maximum absolute atomic E-state index is 12.3. The van der Waals surface area contributed by atoms with E-state index in [1.54, 1.807) is 43.3 Å². The maximum atomic E-state index is 12.3. The summed E-state index contributed by atoms with van der Waals surface area (Å²) in [5.74, 6) is 0.182. The average molecular weight is 386 g/mol. The van der Waals surface area contributed by atoms with Crippen molar-refractivity contribution in [1.29, 1.82) is 0 Å². The Morgan fingerprint density at radius 3 is 2.11 bits per heavy atom. The van der Waals surface area contributed by atoms with Crippen molar-refractivity contribution >= 4 is 17.5 Å². The number of Topliss-reactive ketones (excluding diaryl/α,β-unsaturated/α-hetero) is 2. The molecule has 0 N–H and O–H groups in total. The predicted octanol–water partition coefficient (Wildman–Crippen LogP) is 3.10. The van der Waals surface area contributed by atoms with E-state index in [4.69, 9.17) is 18.9 Å². The Morgan fingerprint density at radius 2 is 1.50 bits per heavy atom. The van der Waals surface area contributed by atoms with Gasteiger partial charge in [-0.05, 0) is 42.5 Å². The molecule has 0 atom stereocenters. The molecule has 0 spiro atoms. The fourth-order valence-electron chi connectivity index (χ4n) is 2.38. The van der Waals surface area contributed by atoms with Gasteiger partial charge in [0.25, 0.3) is 0 Å². The molecule has 2 rings (SSSR count). The van der Waals surface area contributed by atoms with E-state index in [2.05, 4.69) is 0 Å². The van der Waals surface area contributed by atoms with Gasteiger partial charge in [-0.3, -0.25) is 9.59 Å². The normalized spacial score (nSPS) is 10.1. The highest BCUT2D eigenvalue weighted by molar-refractivity contribution is 6.00. The van der Waals surface area contributed by atoms with Crippen LogP contribution in [0.2, 0.25) is 0 Å². The van der Waals surface area contributed by atoms with Gasteiger partial charge in [0.1, 0.15) is 17.2 Å². The van der Waals surface area contributed by atoms with E-state index in [9.17, 15) is 14.4 Å². The summed E-state index contributed by atoms with van der Waals surface area (Å²) in [5.41, 5.74) is 0.835. The number of rotatable bonds is 10. The molecular formula is C21H22O7. The van der Waals surface area contributed by atoms with Crippen molar-refractivity contribution in [2.24, 2.45) is 0 Å². The minimum atomic E-state index is -0.691. The van der Waals surface area contributed by atoms with Crippen LogP contribution in [0.15, 0.2) is 42.5 Å². The van der Waals surface area contributed by atoms with Crippen LogP contribution in [-0.2, 0) is 9.53 Å². The highest BCUT2D eigenvalue weighted by atomic mass is 16.6. The van der Waals surface area contributed by atoms with E-state index in [1.165, 1.54) is 20.3 Å². The van der Waals surface area contributed by atoms with Gasteiger partial charge in [-0.15, -0.1) is 0 Å². The number of esters is 1. The van der Waals surface area contributed by atoms with Crippen LogP contribution in [0.25, 0.3) is 0 Å². The smallest absolute Gasteiger partial charge is 0.344 e. The molecule has 0 fully saturated rings. The molecule has 2 aromatic rings. The number of carbonyl (C=O) groups is 3. The Balaban J connectivity index is 1.87. The predicted molar refractivity (Wildman–Crippen MR) is 101 cm³/mol. The highest BCUT2D eigenvalue weighted by Gasteiger charge is 2.16. The molecule has 0 heterocycles. The Labute approximate surface area is 163 Å². The maximum Gasteiger partial charge on any atom is 0.344 e. The van der Waals surface area contributed by atoms with Gasteiger partial charge in [0.05, 0.1) is 19.8 Å². The number of benzene rings is 2. The first-order valence-electron chi connectivity index (χ1n) is 8.65. The largest absolute Gasteiger partial charge is 0.497 e. The zero-order valence-corrected chi connectivity index (χ0v) is 16.0. The topological polar surface area (TPSA) is 88.1 Å². The quantitative estimate of drug-likeness (QED) is 0.458. The summed E-state index contributed by atoms with van der Waals surface area (Å²) >= 11 is 0. The second-order valence-electron chi connectivity index (χ2n) is 5.74. The van der Waals surface area contributed by atoms with E-state index < -0.39 is 18.4 Å². The van der Waals surface area contributed by atoms with Gasteiger partial charge >= 0.3 is 5.97 Å². The SMILES string of the molecule is CCC(=O)c1ccc(OCC(=O)OCC(=O)c2cc(OC)ccc2OC)cc1. The first-order valence-corrected chi connectivity index (χ1v) is 8.65. The Morgan fingerprint density at radius 1 is 0.821 bits per heavy atom. The molecule has 0 aliphatic rings. The van der Waals surface area contributed by atoms with Gasteiger partial charge in [0.15, 0.2) is 19.0 Å². The zero-order chi connectivity index (χ0) is 20.5. The van der Waals surface area contributed by atoms with E-state index in [0.29, 0.717) is 29.2 Å². The van der Waals surface area contributed by atoms with Crippen molar-refractivity contribution in [3.05, 3.63) is 53.6 Å². The number of hydrogen-bond acceptors (Lipinski definition) is 7. The second-order valence-corrected chi connectivity index (χ2v) is 5.74. The molecule has 148 valence electrons. The first kappa shape index (κ1) is 21.0. The summed E-state index contributed by atoms with van der Waals surface area (Å²) in [4.78, 5) is 35.7. The van der Waals surface area contributed by atoms with Crippen molar-refractivity contribution in [1.82, 2.24) is 0 Å². The summed E-state index contributed by atoms with van der Waals surface area (Å²) in [6.45, 7) is 0.977. The van der Waals surface area contributed by atoms with Crippen molar-refractivity contribution < 1.29 is 33.3 Å². The van der Waals surface area contributed by atoms with Crippen molar-refractivity contribution in [3.8, 4) is 17.2 Å². The molecule has 0 radical (unpaired) electrons. The molecule has 0 bridgehead atoms. The molecule has 0 aliphatic carbocycles. The van der Waals surface area contributed by atoms with Crippen LogP contribution < -0.4 is 14.2 Å². The number of ether oxygens (including phenoxy) is 4. The highest BCUT2D eigenvalue weighted by Crippen LogP contribution is 2.24. The molecule has 0 unspecified atom stereocenters. The van der Waals surface area contributed by atoms with Crippen molar-refractivity contribution in [3.63, 3.8) is 0 Å². The van der Waals surface area contributed by atoms with Gasteiger partial charge in [-0.1, -0.05) is 6.92 Å². The molecule has 0 saturated heterocycles. The third-order valence-corrected chi connectivity index (χ3v) is 3.93. The van der Waals surface area contributed by atoms with Crippen LogP contribution in [0.4, 0.5) is 0 Å². The molecule has 0 aliphatic heterocycles. The van der Waals surface area contributed by atoms with Gasteiger partial charge in [0.2, 0.25) is 5.78 Å². The Bertz CT molecular complexity index is 840. The molecule has 0 saturated carbocycles. The lowest BCUT2D eigenvalue weighted by Crippen LogP contribution is -2.20. The van der Waals surface area contributed by atoms with Crippen LogP contribution in [0.5, 0.6) is 17.2 Å². The monoisotopic (exact) mass is 386 g/mol. The Kier molecular flexibility index (Phi) is 7.56. The fraction of sp³-hybridized carbons (Fsp3) is 0.286. The molecular weight excluding hydrogens is 364 g/mol. The molecule has 7 nitrogen and oxygen atoms in total. The average Bonchev–Trinajstić information content (AvgIpc) is 2.75. The van der Waals surface area contributed by atoms with Crippen LogP contribution in [0.1, 0.15) is 34.1 Å². The number of carbonyl (C=O) groups excluding carboxylic acids is 3. The second kappa shape index (κ2) is 10.1. The summed E-state index contributed by atoms with van der Waals surface area (Å²) in [7, 11) is 2.93. The van der Waals surface area contributed by atoms with Gasteiger partial charge in [-0.25, -0.2) is 4.79 Å². The lowest BCUT2D eigenvalue weighted by Gasteiger charge is -2.10. The van der Waals surface area contributed by atoms with Gasteiger partial charge < -0.3 is 18.9 Å². The molecule has 0 aromatic heterocycles. The lowest BCUT2D eigenvalue weighted by molar-refractivity contribution is -0.144. The number of methoxy groups -OCH3 is 2. The number of ketones is 2. The van der Waals surface area contributed by atoms with Crippen molar-refractivity contribution in [2.75, 3.05) is 27.4 Å². The minimum absolute atomic E-state index is 0.0254. The van der Waals surface area contributed by atoms with Crippen LogP contribution in [0, 0.1) is 0 Å². The standard InChI is InChI=1S/C21H22O7/c1-4-18(22)14-5-7-15(8-6-14)27-13-21(24)28-12-19(23)17-11-16(25-2)9-10-20(17)26-3/h5-11H,4,12-13H2,1-3H3. The minimum Gasteiger partial charge on any atom is -0.497 e. The summed E-state index contributed by atoms with van der Waals surface area (Å²) in [5, 5.41) is 0. The lowest BCUT2D eigenvalue weighted by atomic mass is 10.1. The van der Waals surface area contributed by atoms with Gasteiger partial charge in [0, 0.05) is 12.0 Å². The summed E-state index contributed by atoms with van der Waals surface area (Å²) in [6, 6.07) is 11.2. The van der Waals surface area contributed by atoms with E-state index >= 15 is 0 Å². The summed E-state index contributed by atoms with van der Waals surface area (Å²) < 4.78 is 20.5. The van der Waals surface area contributed by atoms with E-state index in [-0.39, 0.29) is 18.0 Å². The van der Waals surface area contributed by atoms with E-state index in [0.717, 1.165) is 0 Å². The molecule has 7 heteroatoms. The third kappa shape index (κ3) is 5.57. The molecule has 28 heavy (non-hydrogen) atoms. The van der Waals surface area contributed by atoms with Gasteiger partial charge in [-0.2, -0.15) is 0 Å². The van der Waals surface area contributed by atoms with Crippen molar-refractivity contribution in [2.45, 2.75) is 13.3 Å². The molecule has 2 aromatic carbocycles. The Hall–Kier alpha value is -3.35. The first-order chi connectivity index (χ1) is 13.5. The van der Waals surface area contributed by atoms with Crippen LogP contribution in [-0.4, -0.2) is 45.0 Å². The fourth-order valence-corrected chi connectivity index (χ4v) is 2.38. The van der Waals surface area contributed by atoms with Crippen LogP contribution in [0.3, 0.4) is 0 Å². The number of hydrogen-bond donors (Lipinski definition) is 0.